The highest BCUT2D eigenvalue weighted by atomic mass is 16.5. The van der Waals surface area contributed by atoms with Gasteiger partial charge in [-0.05, 0) is 0 Å². The lowest BCUT2D eigenvalue weighted by molar-refractivity contribution is 0.398. The van der Waals surface area contributed by atoms with Crippen LogP contribution in [0.5, 0.6) is 5.88 Å². The highest BCUT2D eigenvalue weighted by Crippen LogP contribution is 2.13. The second kappa shape index (κ2) is 4.16. The molecule has 0 amide bonds. The Balaban J connectivity index is 2.83. The molecule has 0 saturated carbocycles. The van der Waals surface area contributed by atoms with E-state index in [4.69, 9.17) is 16.9 Å². The van der Waals surface area contributed by atoms with Crippen LogP contribution in [-0.4, -0.2) is 23.6 Å². The van der Waals surface area contributed by atoms with E-state index in [-0.39, 0.29) is 5.95 Å². The van der Waals surface area contributed by atoms with E-state index in [1.54, 1.807) is 6.07 Å². The third kappa shape index (κ3) is 2.52. The zero-order valence-corrected chi connectivity index (χ0v) is 7.24. The number of nitrogen functional groups attached to an aromatic ring is 1. The van der Waals surface area contributed by atoms with E-state index in [1.807, 2.05) is 0 Å². The monoisotopic (exact) mass is 178 g/mol. The average molecular weight is 178 g/mol. The first-order chi connectivity index (χ1) is 6.26. The van der Waals surface area contributed by atoms with Crippen LogP contribution in [0, 0.1) is 12.3 Å². The molecule has 68 valence electrons. The number of ether oxygens (including phenoxy) is 1. The molecule has 0 fully saturated rings. The molecule has 1 aromatic rings. The molecule has 13 heavy (non-hydrogen) atoms. The van der Waals surface area contributed by atoms with Crippen molar-refractivity contribution in [2.24, 2.45) is 0 Å². The summed E-state index contributed by atoms with van der Waals surface area (Å²) in [6.45, 7) is 0.388. The van der Waals surface area contributed by atoms with Crippen molar-refractivity contribution in [2.45, 2.75) is 0 Å². The lowest BCUT2D eigenvalue weighted by Crippen LogP contribution is -2.05. The summed E-state index contributed by atoms with van der Waals surface area (Å²) in [4.78, 5) is 7.71. The first-order valence-corrected chi connectivity index (χ1v) is 3.62. The molecular formula is C8H10N4O. The molecule has 1 rings (SSSR count). The molecule has 1 heterocycles. The Morgan fingerprint density at radius 3 is 3.08 bits per heavy atom. The molecule has 0 saturated heterocycles. The molecule has 3 N–H and O–H groups in total. The normalized spacial score (nSPS) is 8.92. The topological polar surface area (TPSA) is 73.1 Å². The standard InChI is InChI=1S/C8H10N4O/c1-3-4-10-6-5-7(13-2)12-8(9)11-6/h1,5H,4H2,2H3,(H3,9,10,11,12). The summed E-state index contributed by atoms with van der Waals surface area (Å²) < 4.78 is 4.89. The summed E-state index contributed by atoms with van der Waals surface area (Å²) in [7, 11) is 1.51. The fourth-order valence-electron chi connectivity index (χ4n) is 0.780. The quantitative estimate of drug-likeness (QED) is 0.643. The van der Waals surface area contributed by atoms with Gasteiger partial charge in [0.25, 0.3) is 0 Å². The number of rotatable bonds is 3. The third-order valence-corrected chi connectivity index (χ3v) is 1.30. The van der Waals surface area contributed by atoms with Crippen molar-refractivity contribution in [3.05, 3.63) is 6.07 Å². The van der Waals surface area contributed by atoms with Crippen LogP contribution in [0.4, 0.5) is 11.8 Å². The van der Waals surface area contributed by atoms with Gasteiger partial charge < -0.3 is 15.8 Å². The fourth-order valence-corrected chi connectivity index (χ4v) is 0.780. The van der Waals surface area contributed by atoms with Gasteiger partial charge in [-0.2, -0.15) is 9.97 Å². The summed E-state index contributed by atoms with van der Waals surface area (Å²) >= 11 is 0. The summed E-state index contributed by atoms with van der Waals surface area (Å²) in [5, 5.41) is 2.86. The first kappa shape index (κ1) is 9.13. The Morgan fingerprint density at radius 2 is 2.46 bits per heavy atom. The number of terminal acetylenes is 1. The predicted molar refractivity (Wildman–Crippen MR) is 50.3 cm³/mol. The summed E-state index contributed by atoms with van der Waals surface area (Å²) in [6, 6.07) is 1.62. The van der Waals surface area contributed by atoms with Gasteiger partial charge in [0.05, 0.1) is 13.7 Å². The van der Waals surface area contributed by atoms with Crippen molar-refractivity contribution in [1.82, 2.24) is 9.97 Å². The minimum atomic E-state index is 0.152. The molecule has 1 aromatic heterocycles. The predicted octanol–water partition coefficient (Wildman–Crippen LogP) is 0.112. The number of nitrogens with one attached hydrogen (secondary N) is 1. The van der Waals surface area contributed by atoms with Crippen LogP contribution in [-0.2, 0) is 0 Å². The molecule has 5 heteroatoms. The number of anilines is 2. The van der Waals surface area contributed by atoms with E-state index in [1.165, 1.54) is 7.11 Å². The van der Waals surface area contributed by atoms with Crippen molar-refractivity contribution < 1.29 is 4.74 Å². The van der Waals surface area contributed by atoms with Crippen molar-refractivity contribution in [1.29, 1.82) is 0 Å². The summed E-state index contributed by atoms with van der Waals surface area (Å²) in [5.41, 5.74) is 5.41. The van der Waals surface area contributed by atoms with E-state index >= 15 is 0 Å². The molecule has 0 atom stereocenters. The Kier molecular flexibility index (Phi) is 2.92. The molecule has 0 bridgehead atoms. The summed E-state index contributed by atoms with van der Waals surface area (Å²) in [6.07, 6.45) is 5.07. The van der Waals surface area contributed by atoms with E-state index in [0.717, 1.165) is 0 Å². The van der Waals surface area contributed by atoms with Crippen molar-refractivity contribution in [2.75, 3.05) is 24.7 Å². The second-order valence-electron chi connectivity index (χ2n) is 2.21. The highest BCUT2D eigenvalue weighted by molar-refractivity contribution is 5.43. The van der Waals surface area contributed by atoms with Crippen molar-refractivity contribution >= 4 is 11.8 Å². The lowest BCUT2D eigenvalue weighted by Gasteiger charge is -2.04. The average Bonchev–Trinajstić information content (AvgIpc) is 2.14. The maximum absolute atomic E-state index is 5.41. The van der Waals surface area contributed by atoms with Crippen LogP contribution in [0.3, 0.4) is 0 Å². The SMILES string of the molecule is C#CCNc1cc(OC)nc(N)n1. The highest BCUT2D eigenvalue weighted by Gasteiger charge is 2.00. The second-order valence-corrected chi connectivity index (χ2v) is 2.21. The fraction of sp³-hybridized carbons (Fsp3) is 0.250. The Morgan fingerprint density at radius 1 is 1.69 bits per heavy atom. The van der Waals surface area contributed by atoms with E-state index in [2.05, 4.69) is 21.2 Å². The maximum Gasteiger partial charge on any atom is 0.225 e. The van der Waals surface area contributed by atoms with Crippen molar-refractivity contribution in [3.63, 3.8) is 0 Å². The molecule has 5 nitrogen and oxygen atoms in total. The Labute approximate surface area is 76.3 Å². The minimum absolute atomic E-state index is 0.152. The van der Waals surface area contributed by atoms with E-state index < -0.39 is 0 Å². The number of hydrogen-bond acceptors (Lipinski definition) is 5. The van der Waals surface area contributed by atoms with Gasteiger partial charge >= 0.3 is 0 Å². The first-order valence-electron chi connectivity index (χ1n) is 3.62. The Hall–Kier alpha value is -1.96. The lowest BCUT2D eigenvalue weighted by atomic mass is 10.5. The van der Waals surface area contributed by atoms with Crippen LogP contribution >= 0.6 is 0 Å². The smallest absolute Gasteiger partial charge is 0.225 e. The third-order valence-electron chi connectivity index (χ3n) is 1.30. The largest absolute Gasteiger partial charge is 0.481 e. The molecule has 0 radical (unpaired) electrons. The van der Waals surface area contributed by atoms with Crippen LogP contribution in [0.1, 0.15) is 0 Å². The number of nitrogens with zero attached hydrogens (tertiary/aromatic N) is 2. The van der Waals surface area contributed by atoms with Gasteiger partial charge in [-0.3, -0.25) is 0 Å². The van der Waals surface area contributed by atoms with Gasteiger partial charge in [-0.1, -0.05) is 5.92 Å². The molecule has 0 aliphatic heterocycles. The number of methoxy groups -OCH3 is 1. The van der Waals surface area contributed by atoms with Crippen LogP contribution in [0.2, 0.25) is 0 Å². The zero-order valence-electron chi connectivity index (χ0n) is 7.24. The minimum Gasteiger partial charge on any atom is -0.481 e. The van der Waals surface area contributed by atoms with Gasteiger partial charge in [0.15, 0.2) is 0 Å². The number of nitrogens with two attached hydrogens (primary N) is 1. The summed E-state index contributed by atoms with van der Waals surface area (Å²) in [5.74, 6) is 3.54. The Bertz CT molecular complexity index is 331. The molecular weight excluding hydrogens is 168 g/mol. The molecule has 0 unspecified atom stereocenters. The van der Waals surface area contributed by atoms with Gasteiger partial charge in [-0.25, -0.2) is 0 Å². The van der Waals surface area contributed by atoms with Crippen LogP contribution in [0.25, 0.3) is 0 Å². The number of hydrogen-bond donors (Lipinski definition) is 2. The number of aromatic nitrogens is 2. The molecule has 0 aliphatic carbocycles. The van der Waals surface area contributed by atoms with E-state index in [0.29, 0.717) is 18.2 Å². The van der Waals surface area contributed by atoms with Crippen molar-refractivity contribution in [3.8, 4) is 18.2 Å². The van der Waals surface area contributed by atoms with Gasteiger partial charge in [0.1, 0.15) is 5.82 Å². The van der Waals surface area contributed by atoms with Crippen LogP contribution < -0.4 is 15.8 Å². The van der Waals surface area contributed by atoms with Crippen LogP contribution in [0.15, 0.2) is 6.07 Å². The van der Waals surface area contributed by atoms with Gasteiger partial charge in [0, 0.05) is 6.07 Å². The molecule has 0 aliphatic rings. The zero-order chi connectivity index (χ0) is 9.68. The van der Waals surface area contributed by atoms with Gasteiger partial charge in [0.2, 0.25) is 11.8 Å². The van der Waals surface area contributed by atoms with Gasteiger partial charge in [-0.15, -0.1) is 6.42 Å². The molecule has 0 spiro atoms. The maximum atomic E-state index is 5.41. The molecule has 0 aromatic carbocycles. The van der Waals surface area contributed by atoms with E-state index in [9.17, 15) is 0 Å².